The van der Waals surface area contributed by atoms with Crippen LogP contribution in [0.4, 0.5) is 0 Å². The molecule has 0 radical (unpaired) electrons. The first-order chi connectivity index (χ1) is 31.4. The van der Waals surface area contributed by atoms with Crippen molar-refractivity contribution in [2.24, 2.45) is 17.3 Å². The van der Waals surface area contributed by atoms with Crippen molar-refractivity contribution in [2.75, 3.05) is 40.4 Å². The number of methoxy groups -OCH3 is 1. The minimum Gasteiger partial charge on any atom is -0.464 e. The highest BCUT2D eigenvalue weighted by molar-refractivity contribution is 7.92. The van der Waals surface area contributed by atoms with Crippen LogP contribution in [-0.2, 0) is 58.1 Å². The van der Waals surface area contributed by atoms with Crippen LogP contribution in [0.15, 0.2) is 72.8 Å². The molecule has 3 aliphatic heterocycles. The lowest BCUT2D eigenvalue weighted by molar-refractivity contribution is -0.155. The summed E-state index contributed by atoms with van der Waals surface area (Å²) in [7, 11) is -0.482. The van der Waals surface area contributed by atoms with Gasteiger partial charge in [-0.1, -0.05) is 64.6 Å². The minimum atomic E-state index is -3.71. The maximum absolute atomic E-state index is 14.7. The molecule has 6 bridgehead atoms. The fraction of sp³-hybridized carbons (Fsp3) is 0.500. The Balaban J connectivity index is 0.00000346. The van der Waals surface area contributed by atoms with Crippen LogP contribution in [0, 0.1) is 17.3 Å². The fourth-order valence-electron chi connectivity index (χ4n) is 9.86. The number of sulfonamides is 1. The van der Waals surface area contributed by atoms with Gasteiger partial charge in [0.2, 0.25) is 21.8 Å². The number of nitrogens with zero attached hydrogens (tertiary/aromatic N) is 5. The molecule has 2 N–H and O–H groups in total. The molecule has 21 heteroatoms. The lowest BCUT2D eigenvalue weighted by Crippen LogP contribution is -2.62. The van der Waals surface area contributed by atoms with Crippen molar-refractivity contribution in [1.29, 1.82) is 0 Å². The number of ether oxygens (including phenoxy) is 2. The number of amides is 3. The second-order valence-corrected chi connectivity index (χ2v) is 20.9. The summed E-state index contributed by atoms with van der Waals surface area (Å²) in [6.45, 7) is 16.6. The number of carbonyl (C=O) groups is 4. The van der Waals surface area contributed by atoms with Gasteiger partial charge in [-0.05, 0) is 92.0 Å². The number of hydrogen-bond acceptors (Lipinski definition) is 10. The summed E-state index contributed by atoms with van der Waals surface area (Å²) < 4.78 is 40.5. The lowest BCUT2D eigenvalue weighted by Gasteiger charge is -2.37. The maximum atomic E-state index is 14.7. The van der Waals surface area contributed by atoms with Crippen molar-refractivity contribution in [2.45, 2.75) is 104 Å². The van der Waals surface area contributed by atoms with Crippen LogP contribution in [0.3, 0.4) is 0 Å². The van der Waals surface area contributed by atoms with Gasteiger partial charge in [-0.15, -0.1) is 0 Å². The van der Waals surface area contributed by atoms with Gasteiger partial charge >= 0.3 is 5.97 Å². The molecule has 2 aromatic heterocycles. The van der Waals surface area contributed by atoms with E-state index in [1.807, 2.05) is 51.1 Å². The zero-order valence-corrected chi connectivity index (χ0v) is 47.8. The van der Waals surface area contributed by atoms with E-state index in [0.717, 1.165) is 55.5 Å². The molecule has 0 saturated carbocycles. The van der Waals surface area contributed by atoms with Crippen molar-refractivity contribution < 1.29 is 37.1 Å². The average Bonchev–Trinajstić information content (AvgIpc) is 3.93. The molecular formula is C50H75N7O8S6. The first-order valence-electron chi connectivity index (χ1n) is 23.0. The summed E-state index contributed by atoms with van der Waals surface area (Å²) in [5.41, 5.74) is 10.3. The van der Waals surface area contributed by atoms with Crippen LogP contribution in [-0.4, -0.2) is 114 Å². The number of aryl methyl sites for hydroxylation is 1. The highest BCUT2D eigenvalue weighted by Crippen LogP contribution is 2.42. The molecule has 394 valence electrons. The number of pyridine rings is 1. The molecule has 3 aliphatic rings. The van der Waals surface area contributed by atoms with Crippen LogP contribution in [0.1, 0.15) is 83.7 Å². The van der Waals surface area contributed by atoms with Gasteiger partial charge < -0.3 is 24.3 Å². The number of nitrogens with one attached hydrogen (secondary N) is 2. The number of fused-ring (bicyclic) bond motifs is 6. The number of hydrazine groups is 1. The van der Waals surface area contributed by atoms with E-state index < -0.39 is 57.3 Å². The largest absolute Gasteiger partial charge is 0.464 e. The first-order valence-corrected chi connectivity index (χ1v) is 24.5. The van der Waals surface area contributed by atoms with Gasteiger partial charge in [0.1, 0.15) is 18.1 Å². The van der Waals surface area contributed by atoms with E-state index in [9.17, 15) is 27.6 Å². The molecule has 4 aromatic rings. The van der Waals surface area contributed by atoms with Gasteiger partial charge in [-0.3, -0.25) is 29.2 Å². The van der Waals surface area contributed by atoms with E-state index >= 15 is 0 Å². The van der Waals surface area contributed by atoms with E-state index in [1.165, 1.54) is 14.2 Å². The summed E-state index contributed by atoms with van der Waals surface area (Å²) in [6.07, 6.45) is 3.50. The molecule has 2 saturated heterocycles. The quantitative estimate of drug-likeness (QED) is 0.156. The molecule has 2 fully saturated rings. The number of cyclic esters (lactones) is 1. The third-order valence-electron chi connectivity index (χ3n) is 13.4. The molecule has 5 atom stereocenters. The van der Waals surface area contributed by atoms with E-state index in [-0.39, 0.29) is 112 Å². The van der Waals surface area contributed by atoms with Gasteiger partial charge in [0.15, 0.2) is 0 Å². The molecule has 15 nitrogen and oxygen atoms in total. The molecule has 0 aliphatic carbocycles. The number of carbonyl (C=O) groups excluding carboxylic acids is 4. The van der Waals surface area contributed by atoms with Crippen molar-refractivity contribution in [3.05, 3.63) is 89.6 Å². The van der Waals surface area contributed by atoms with Crippen molar-refractivity contribution in [3.8, 4) is 22.4 Å². The van der Waals surface area contributed by atoms with Crippen molar-refractivity contribution in [3.63, 3.8) is 0 Å². The summed E-state index contributed by atoms with van der Waals surface area (Å²) in [4.78, 5) is 63.2. The molecule has 7 rings (SSSR count). The van der Waals surface area contributed by atoms with Crippen LogP contribution in [0.25, 0.3) is 33.3 Å². The van der Waals surface area contributed by atoms with Crippen LogP contribution in [0.5, 0.6) is 0 Å². The molecule has 3 amide bonds. The summed E-state index contributed by atoms with van der Waals surface area (Å²) >= 11 is 0. The van der Waals surface area contributed by atoms with Crippen LogP contribution >= 0.6 is 67.5 Å². The summed E-state index contributed by atoms with van der Waals surface area (Å²) in [5.74, 6) is -2.78. The molecule has 2 aromatic carbocycles. The molecular weight excluding hydrogens is 1020 g/mol. The van der Waals surface area contributed by atoms with Gasteiger partial charge in [-0.25, -0.2) is 13.8 Å². The zero-order valence-electron chi connectivity index (χ0n) is 42.0. The third kappa shape index (κ3) is 13.7. The smallest absolute Gasteiger partial charge is 0.324 e. The van der Waals surface area contributed by atoms with E-state index in [0.29, 0.717) is 38.8 Å². The summed E-state index contributed by atoms with van der Waals surface area (Å²) in [6, 6.07) is 15.6. The van der Waals surface area contributed by atoms with E-state index in [2.05, 4.69) is 66.9 Å². The number of aromatic nitrogens is 2. The van der Waals surface area contributed by atoms with Gasteiger partial charge in [-0.2, -0.15) is 71.8 Å². The van der Waals surface area contributed by atoms with Gasteiger partial charge in [0.05, 0.1) is 30.0 Å². The normalized spacial score (nSPS) is 20.0. The zero-order chi connectivity index (χ0) is 47.7. The Labute approximate surface area is 454 Å². The average molecular weight is 1090 g/mol. The Kier molecular flexibility index (Phi) is 23.7. The molecule has 5 heterocycles. The lowest BCUT2D eigenvalue weighted by atomic mass is 9.84. The molecule has 0 unspecified atom stereocenters. The van der Waals surface area contributed by atoms with Gasteiger partial charge in [0.25, 0.3) is 5.91 Å². The monoisotopic (exact) mass is 1090 g/mol. The number of likely N-dealkylation sites (N-methyl/N-ethyl adjacent to an activating group) is 1. The predicted molar refractivity (Wildman–Crippen MR) is 306 cm³/mol. The predicted octanol–water partition coefficient (Wildman–Crippen LogP) is 6.59. The van der Waals surface area contributed by atoms with Crippen LogP contribution < -0.4 is 10.7 Å². The Morgan fingerprint density at radius 1 is 1.01 bits per heavy atom. The van der Waals surface area contributed by atoms with Crippen molar-refractivity contribution in [1.82, 2.24) is 34.5 Å². The maximum Gasteiger partial charge on any atom is 0.324 e. The SMILES string of the molecule is C=CS(=O)(=O)N1CC[C@H](C(=O)N(C)[C@H](C(=O)N[C@H]2Cc3cccc(c3)-c3ccc4c(c3)c(c(-c3cccnc3[C@H](C)OC)n4CC)CC(C)(C)COC(=O)[C@@H]3CCCN(N3)C2=O)C(C)C)C1.S.S.S.S.S. The van der Waals surface area contributed by atoms with E-state index in [1.54, 1.807) is 20.4 Å². The topological polar surface area (TPSA) is 172 Å². The minimum absolute atomic E-state index is 0. The fourth-order valence-corrected chi connectivity index (χ4v) is 10.8. The Morgan fingerprint density at radius 3 is 2.38 bits per heavy atom. The highest BCUT2D eigenvalue weighted by atomic mass is 32.2. The third-order valence-corrected chi connectivity index (χ3v) is 14.8. The van der Waals surface area contributed by atoms with E-state index in [4.69, 9.17) is 14.5 Å². The first kappa shape index (κ1) is 63.4. The standard InChI is InChI=1S/C50H65N7O8S.5H2S/c1-10-56-42-20-19-35-27-38(42)39(45(56)37-17-13-22-51-43(37)32(5)64-9)28-50(6,7)30-65-49(61)40-18-14-23-57(53-40)48(60)41(26-33-15-12-16-34(35)25-33)52-46(58)44(31(3)4)54(8)47(59)36-21-24-55(29-36)66(62,63)11-2;;;;;/h11-13,15-17,19-20,22,25,27,31-32,36,40-41,44,53H,2,10,14,18,21,23-24,26,28-30H2,1,3-9H3,(H,52,58);5*1H2/t32-,36-,40-,41-,44-;;;;;/m0...../s1. The Morgan fingerprint density at radius 2 is 1.72 bits per heavy atom. The molecule has 0 spiro atoms. The second kappa shape index (κ2) is 26.5. The van der Waals surface area contributed by atoms with Gasteiger partial charge in [0, 0.05) is 80.2 Å². The second-order valence-electron chi connectivity index (χ2n) is 19.0. The number of esters is 1. The Bertz CT molecular complexity index is 2630. The van der Waals surface area contributed by atoms with Crippen LogP contribution in [0.2, 0.25) is 0 Å². The number of rotatable bonds is 11. The number of hydrogen-bond donors (Lipinski definition) is 2. The van der Waals surface area contributed by atoms with Crippen molar-refractivity contribution >= 4 is 112 Å². The Hall–Kier alpha value is -3.67. The number of benzene rings is 2. The highest BCUT2D eigenvalue weighted by Gasteiger charge is 2.41. The molecule has 71 heavy (non-hydrogen) atoms. The summed E-state index contributed by atoms with van der Waals surface area (Å²) in [5, 5.41) is 6.37.